The normalized spacial score (nSPS) is 21.7. The maximum atomic E-state index is 12.3. The fourth-order valence-electron chi connectivity index (χ4n) is 2.39. The van der Waals surface area contributed by atoms with Crippen LogP contribution in [0.15, 0.2) is 11.0 Å². The van der Waals surface area contributed by atoms with Gasteiger partial charge in [-0.25, -0.2) is 21.6 Å². The lowest BCUT2D eigenvalue weighted by molar-refractivity contribution is 0.543. The minimum Gasteiger partial charge on any atom is -0.315 e. The zero-order valence-electron chi connectivity index (χ0n) is 12.0. The third kappa shape index (κ3) is 4.26. The lowest BCUT2D eigenvalue weighted by Gasteiger charge is -2.10. The first-order valence-corrected chi connectivity index (χ1v) is 10.8. The van der Waals surface area contributed by atoms with Crippen LogP contribution >= 0.6 is 11.3 Å². The van der Waals surface area contributed by atoms with Gasteiger partial charge in [0.15, 0.2) is 9.84 Å². The van der Waals surface area contributed by atoms with E-state index in [-0.39, 0.29) is 24.0 Å². The first kappa shape index (κ1) is 16.9. The summed E-state index contributed by atoms with van der Waals surface area (Å²) in [6.07, 6.45) is 0.526. The van der Waals surface area contributed by atoms with Gasteiger partial charge in [0, 0.05) is 22.8 Å². The zero-order chi connectivity index (χ0) is 15.7. The number of thiophene rings is 1. The van der Waals surface area contributed by atoms with Gasteiger partial charge in [0.25, 0.3) is 0 Å². The van der Waals surface area contributed by atoms with Crippen LogP contribution in [0, 0.1) is 12.8 Å². The summed E-state index contributed by atoms with van der Waals surface area (Å²) in [5.41, 5.74) is 0. The van der Waals surface area contributed by atoms with Gasteiger partial charge in [0.2, 0.25) is 10.0 Å². The number of hydrogen-bond donors (Lipinski definition) is 2. The van der Waals surface area contributed by atoms with Crippen molar-refractivity contribution in [3.63, 3.8) is 0 Å². The van der Waals surface area contributed by atoms with Crippen LogP contribution in [0.3, 0.4) is 0 Å². The average molecular weight is 353 g/mol. The van der Waals surface area contributed by atoms with Crippen molar-refractivity contribution in [2.45, 2.75) is 24.8 Å². The molecule has 1 atom stereocenters. The molecule has 0 aromatic carbocycles. The summed E-state index contributed by atoms with van der Waals surface area (Å²) >= 11 is 1.45. The van der Waals surface area contributed by atoms with Crippen molar-refractivity contribution in [3.05, 3.63) is 15.8 Å². The number of nitrogens with one attached hydrogen (secondary N) is 2. The predicted octanol–water partition coefficient (Wildman–Crippen LogP) is 0.489. The molecule has 1 aromatic rings. The topological polar surface area (TPSA) is 92.3 Å². The molecule has 21 heavy (non-hydrogen) atoms. The van der Waals surface area contributed by atoms with E-state index < -0.39 is 19.9 Å². The van der Waals surface area contributed by atoms with Crippen molar-refractivity contribution < 1.29 is 16.8 Å². The van der Waals surface area contributed by atoms with Gasteiger partial charge in [0.1, 0.15) is 0 Å². The molecule has 0 amide bonds. The summed E-state index contributed by atoms with van der Waals surface area (Å²) < 4.78 is 49.9. The molecule has 9 heteroatoms. The number of sulfonamides is 1. The van der Waals surface area contributed by atoms with Crippen LogP contribution in [0.5, 0.6) is 0 Å². The molecule has 1 fully saturated rings. The van der Waals surface area contributed by atoms with Crippen molar-refractivity contribution in [1.82, 2.24) is 10.0 Å². The van der Waals surface area contributed by atoms with Gasteiger partial charge in [-0.15, -0.1) is 11.3 Å². The van der Waals surface area contributed by atoms with Gasteiger partial charge in [-0.3, -0.25) is 0 Å². The molecular weight excluding hydrogens is 332 g/mol. The number of aryl methyl sites for hydroxylation is 1. The summed E-state index contributed by atoms with van der Waals surface area (Å²) in [5.74, 6) is 0.104. The van der Waals surface area contributed by atoms with Crippen LogP contribution in [0.4, 0.5) is 0 Å². The Balaban J connectivity index is 2.05. The van der Waals surface area contributed by atoms with Gasteiger partial charge in [-0.05, 0) is 32.4 Å². The second-order valence-electron chi connectivity index (χ2n) is 5.28. The highest BCUT2D eigenvalue weighted by atomic mass is 32.2. The number of hydrogen-bond acceptors (Lipinski definition) is 6. The monoisotopic (exact) mass is 352 g/mol. The van der Waals surface area contributed by atoms with Gasteiger partial charge in [-0.2, -0.15) is 0 Å². The molecule has 0 spiro atoms. The van der Waals surface area contributed by atoms with E-state index in [0.717, 1.165) is 9.75 Å². The van der Waals surface area contributed by atoms with Gasteiger partial charge >= 0.3 is 0 Å². The molecule has 0 bridgehead atoms. The van der Waals surface area contributed by atoms with Gasteiger partial charge in [-0.1, -0.05) is 0 Å². The molecule has 1 unspecified atom stereocenters. The van der Waals surface area contributed by atoms with E-state index in [1.807, 2.05) is 7.05 Å². The Morgan fingerprint density at radius 3 is 2.71 bits per heavy atom. The van der Waals surface area contributed by atoms with E-state index in [2.05, 4.69) is 10.0 Å². The van der Waals surface area contributed by atoms with Crippen LogP contribution in [0.2, 0.25) is 0 Å². The third-order valence-electron chi connectivity index (χ3n) is 3.45. The quantitative estimate of drug-likeness (QED) is 0.777. The average Bonchev–Trinajstić information content (AvgIpc) is 2.91. The molecule has 1 aliphatic rings. The van der Waals surface area contributed by atoms with Crippen molar-refractivity contribution in [2.75, 3.05) is 25.1 Å². The second-order valence-corrected chi connectivity index (χ2v) is 10.6. The highest BCUT2D eigenvalue weighted by molar-refractivity contribution is 7.91. The Morgan fingerprint density at radius 1 is 1.43 bits per heavy atom. The molecule has 2 rings (SSSR count). The summed E-state index contributed by atoms with van der Waals surface area (Å²) in [6.45, 7) is 2.58. The van der Waals surface area contributed by atoms with E-state index in [9.17, 15) is 16.8 Å². The highest BCUT2D eigenvalue weighted by Crippen LogP contribution is 2.26. The predicted molar refractivity (Wildman–Crippen MR) is 83.8 cm³/mol. The molecule has 120 valence electrons. The fraction of sp³-hybridized carbons (Fsp3) is 0.667. The Kier molecular flexibility index (Phi) is 5.09. The first-order valence-electron chi connectivity index (χ1n) is 6.67. The van der Waals surface area contributed by atoms with Crippen molar-refractivity contribution >= 4 is 31.2 Å². The van der Waals surface area contributed by atoms with Crippen LogP contribution in [-0.4, -0.2) is 41.9 Å². The summed E-state index contributed by atoms with van der Waals surface area (Å²) in [6, 6.07) is 1.67. The fourth-order valence-corrected chi connectivity index (χ4v) is 7.01. The molecule has 0 radical (unpaired) electrons. The molecule has 0 saturated carbocycles. The van der Waals surface area contributed by atoms with E-state index >= 15 is 0 Å². The van der Waals surface area contributed by atoms with E-state index in [1.54, 1.807) is 13.0 Å². The van der Waals surface area contributed by atoms with Gasteiger partial charge in [0.05, 0.1) is 16.4 Å². The van der Waals surface area contributed by atoms with E-state index in [0.29, 0.717) is 17.9 Å². The molecule has 0 aliphatic carbocycles. The number of rotatable bonds is 6. The van der Waals surface area contributed by atoms with E-state index in [1.165, 1.54) is 11.3 Å². The van der Waals surface area contributed by atoms with Crippen LogP contribution in [0.25, 0.3) is 0 Å². The zero-order valence-corrected chi connectivity index (χ0v) is 14.5. The van der Waals surface area contributed by atoms with Crippen LogP contribution in [0.1, 0.15) is 16.2 Å². The molecule has 1 saturated heterocycles. The second kappa shape index (κ2) is 6.33. The van der Waals surface area contributed by atoms with Crippen molar-refractivity contribution in [2.24, 2.45) is 5.92 Å². The molecular formula is C12H20N2O4S3. The minimum absolute atomic E-state index is 0.0726. The maximum Gasteiger partial charge on any atom is 0.241 e. The third-order valence-corrected chi connectivity index (χ3v) is 8.02. The van der Waals surface area contributed by atoms with Crippen LogP contribution < -0.4 is 10.0 Å². The SMILES string of the molecule is CNCc1cc(S(=O)(=O)NCC2CCS(=O)(=O)C2)c(C)s1. The van der Waals surface area contributed by atoms with E-state index in [4.69, 9.17) is 0 Å². The summed E-state index contributed by atoms with van der Waals surface area (Å²) in [4.78, 5) is 1.99. The van der Waals surface area contributed by atoms with Crippen molar-refractivity contribution in [1.29, 1.82) is 0 Å². The Labute approximate surface area is 129 Å². The standard InChI is InChI=1S/C12H20N2O4S3/c1-9-12(5-11(19-9)7-13-2)21(17,18)14-6-10-3-4-20(15,16)8-10/h5,10,13-14H,3-4,6-8H2,1-2H3. The summed E-state index contributed by atoms with van der Waals surface area (Å²) in [5, 5.41) is 2.99. The molecule has 1 aliphatic heterocycles. The lowest BCUT2D eigenvalue weighted by Crippen LogP contribution is -2.30. The lowest BCUT2D eigenvalue weighted by atomic mass is 10.1. The first-order chi connectivity index (χ1) is 9.73. The molecule has 2 N–H and O–H groups in total. The Morgan fingerprint density at radius 2 is 2.14 bits per heavy atom. The number of sulfone groups is 1. The summed E-state index contributed by atoms with van der Waals surface area (Å²) in [7, 11) is -4.75. The minimum atomic E-state index is -3.58. The van der Waals surface area contributed by atoms with Crippen LogP contribution in [-0.2, 0) is 26.4 Å². The molecule has 1 aromatic heterocycles. The highest BCUT2D eigenvalue weighted by Gasteiger charge is 2.29. The molecule has 2 heterocycles. The van der Waals surface area contributed by atoms with Crippen molar-refractivity contribution in [3.8, 4) is 0 Å². The Bertz CT molecular complexity index is 707. The largest absolute Gasteiger partial charge is 0.315 e. The van der Waals surface area contributed by atoms with Gasteiger partial charge < -0.3 is 5.32 Å². The smallest absolute Gasteiger partial charge is 0.241 e. The maximum absolute atomic E-state index is 12.3. The molecule has 6 nitrogen and oxygen atoms in total. The Hall–Kier alpha value is -0.480.